The van der Waals surface area contributed by atoms with Crippen molar-refractivity contribution < 1.29 is 48.7 Å². The number of nitrogens with zero attached hydrogens (tertiary/aromatic N) is 4. The van der Waals surface area contributed by atoms with E-state index >= 15 is 0 Å². The van der Waals surface area contributed by atoms with Gasteiger partial charge in [0.2, 0.25) is 5.91 Å². The average molecular weight is 750 g/mol. The molecule has 2 heterocycles. The number of pyridine rings is 1. The summed E-state index contributed by atoms with van der Waals surface area (Å²) in [5.74, 6) is -7.27. The van der Waals surface area contributed by atoms with Gasteiger partial charge in [0.05, 0.1) is 27.7 Å². The average Bonchev–Trinajstić information content (AvgIpc) is 3.48. The van der Waals surface area contributed by atoms with E-state index in [1.807, 2.05) is 0 Å². The van der Waals surface area contributed by atoms with Crippen LogP contribution in [0, 0.1) is 18.6 Å². The summed E-state index contributed by atoms with van der Waals surface area (Å²) in [6.07, 6.45) is -12.1. The lowest BCUT2D eigenvalue weighted by Crippen LogP contribution is -2.34. The fraction of sp³-hybridized carbons (Fsp3) is 0.312. The molecule has 1 aliphatic carbocycles. The predicted molar refractivity (Wildman–Crippen MR) is 168 cm³/mol. The van der Waals surface area contributed by atoms with Crippen LogP contribution in [-0.2, 0) is 17.8 Å². The maximum Gasteiger partial charge on any atom is 0.431 e. The third kappa shape index (κ3) is 8.21. The highest BCUT2D eigenvalue weighted by atomic mass is 35.5. The van der Waals surface area contributed by atoms with Gasteiger partial charge in [0.15, 0.2) is 5.82 Å². The maximum atomic E-state index is 14.6. The van der Waals surface area contributed by atoms with E-state index < -0.39 is 91.2 Å². The number of benzene rings is 2. The summed E-state index contributed by atoms with van der Waals surface area (Å²) in [6, 6.07) is 6.70. The molecule has 2 aromatic heterocycles. The molecule has 1 aliphatic rings. The molecule has 0 saturated heterocycles. The zero-order valence-electron chi connectivity index (χ0n) is 26.2. The molecule has 1 fully saturated rings. The molecule has 0 spiro atoms. The molecule has 0 aliphatic heterocycles. The SMILES string of the molecule is Cc1ccc(-c2ccc(Cl)c3c(N)nn(CC(F)(F)F)c23)c([C@H](Cc2cc(F)cc(F)c2)NC(=O)CN=C2C(=C(N)C(F)(F)F)CCC2(F)F)n1. The van der Waals surface area contributed by atoms with Crippen LogP contribution in [0.1, 0.15) is 35.8 Å². The molecule has 4 aromatic rings. The minimum Gasteiger partial charge on any atom is -0.394 e. The second-order valence-corrected chi connectivity index (χ2v) is 12.1. The van der Waals surface area contributed by atoms with Crippen LogP contribution in [0.4, 0.5) is 49.7 Å². The van der Waals surface area contributed by atoms with E-state index in [9.17, 15) is 48.7 Å². The summed E-state index contributed by atoms with van der Waals surface area (Å²) in [5, 5.41) is 6.22. The van der Waals surface area contributed by atoms with Gasteiger partial charge >= 0.3 is 12.4 Å². The fourth-order valence-electron chi connectivity index (χ4n) is 5.84. The van der Waals surface area contributed by atoms with Crippen molar-refractivity contribution in [3.05, 3.63) is 87.3 Å². The van der Waals surface area contributed by atoms with Crippen LogP contribution in [0.2, 0.25) is 5.02 Å². The fourth-order valence-corrected chi connectivity index (χ4v) is 6.08. The van der Waals surface area contributed by atoms with Crippen LogP contribution in [0.15, 0.2) is 58.7 Å². The molecule has 0 unspecified atom stereocenters. The van der Waals surface area contributed by atoms with Crippen LogP contribution in [0.25, 0.3) is 22.0 Å². The van der Waals surface area contributed by atoms with Crippen LogP contribution in [0.5, 0.6) is 0 Å². The van der Waals surface area contributed by atoms with Crippen molar-refractivity contribution in [1.82, 2.24) is 20.1 Å². The molecule has 8 nitrogen and oxygen atoms in total. The molecule has 5 N–H and O–H groups in total. The zero-order valence-corrected chi connectivity index (χ0v) is 26.9. The number of aromatic nitrogens is 3. The number of carbonyl (C=O) groups is 1. The number of fused-ring (bicyclic) bond motifs is 1. The smallest absolute Gasteiger partial charge is 0.394 e. The first-order valence-corrected chi connectivity index (χ1v) is 15.2. The highest BCUT2D eigenvalue weighted by Crippen LogP contribution is 2.41. The third-order valence-corrected chi connectivity index (χ3v) is 8.23. The van der Waals surface area contributed by atoms with Gasteiger partial charge in [-0.1, -0.05) is 23.7 Å². The van der Waals surface area contributed by atoms with Crippen molar-refractivity contribution in [3.63, 3.8) is 0 Å². The summed E-state index contributed by atoms with van der Waals surface area (Å²) < 4.78 is 139. The number of rotatable bonds is 8. The van der Waals surface area contributed by atoms with Gasteiger partial charge < -0.3 is 16.8 Å². The quantitative estimate of drug-likeness (QED) is 0.161. The first kappa shape index (κ1) is 37.4. The van der Waals surface area contributed by atoms with Crippen molar-refractivity contribution in [2.45, 2.75) is 57.0 Å². The lowest BCUT2D eigenvalue weighted by atomic mass is 9.93. The Bertz CT molecular complexity index is 2050. The number of aliphatic imine (C=N–C) groups is 1. The van der Waals surface area contributed by atoms with E-state index in [1.54, 1.807) is 0 Å². The van der Waals surface area contributed by atoms with Gasteiger partial charge in [-0.2, -0.15) is 40.2 Å². The number of aryl methyl sites for hydroxylation is 1. The van der Waals surface area contributed by atoms with E-state index in [0.717, 1.165) is 12.1 Å². The molecule has 19 heteroatoms. The monoisotopic (exact) mass is 749 g/mol. The first-order valence-electron chi connectivity index (χ1n) is 14.9. The molecule has 272 valence electrons. The Morgan fingerprint density at radius 2 is 1.71 bits per heavy atom. The van der Waals surface area contributed by atoms with E-state index in [-0.39, 0.29) is 44.1 Å². The van der Waals surface area contributed by atoms with Crippen molar-refractivity contribution in [1.29, 1.82) is 0 Å². The Kier molecular flexibility index (Phi) is 10.0. The molecule has 1 amide bonds. The lowest BCUT2D eigenvalue weighted by Gasteiger charge is -2.23. The number of anilines is 1. The predicted octanol–water partition coefficient (Wildman–Crippen LogP) is 7.53. The number of alkyl halides is 8. The summed E-state index contributed by atoms with van der Waals surface area (Å²) in [6.45, 7) is -1.18. The molecular weight excluding hydrogens is 724 g/mol. The minimum absolute atomic E-state index is 0.0310. The number of allylic oxidation sites excluding steroid dienone is 2. The largest absolute Gasteiger partial charge is 0.431 e. The zero-order chi connectivity index (χ0) is 37.6. The van der Waals surface area contributed by atoms with E-state index in [4.69, 9.17) is 23.1 Å². The van der Waals surface area contributed by atoms with Crippen LogP contribution < -0.4 is 16.8 Å². The van der Waals surface area contributed by atoms with Gasteiger partial charge in [0, 0.05) is 34.9 Å². The van der Waals surface area contributed by atoms with Crippen LogP contribution >= 0.6 is 11.6 Å². The lowest BCUT2D eigenvalue weighted by molar-refractivity contribution is -0.141. The summed E-state index contributed by atoms with van der Waals surface area (Å²) >= 11 is 6.31. The Balaban J connectivity index is 1.63. The van der Waals surface area contributed by atoms with Gasteiger partial charge in [-0.05, 0) is 49.6 Å². The molecule has 2 aromatic carbocycles. The molecule has 0 radical (unpaired) electrons. The third-order valence-electron chi connectivity index (χ3n) is 7.91. The molecule has 51 heavy (non-hydrogen) atoms. The first-order chi connectivity index (χ1) is 23.6. The van der Waals surface area contributed by atoms with Crippen molar-refractivity contribution in [2.75, 3.05) is 12.3 Å². The number of nitrogens with two attached hydrogens (primary N) is 2. The second kappa shape index (κ2) is 13.7. The molecule has 1 atom stereocenters. The Labute approximate surface area is 287 Å². The van der Waals surface area contributed by atoms with Gasteiger partial charge in [-0.25, -0.2) is 8.78 Å². The van der Waals surface area contributed by atoms with Gasteiger partial charge in [0.1, 0.15) is 36.1 Å². The van der Waals surface area contributed by atoms with E-state index in [2.05, 4.69) is 20.4 Å². The maximum absolute atomic E-state index is 14.6. The number of nitrogens with one attached hydrogen (secondary N) is 1. The number of nitrogen functional groups attached to an aromatic ring is 1. The minimum atomic E-state index is -5.15. The summed E-state index contributed by atoms with van der Waals surface area (Å²) in [7, 11) is 0. The number of carbonyl (C=O) groups excluding carboxylic acids is 1. The van der Waals surface area contributed by atoms with Crippen LogP contribution in [-0.4, -0.2) is 51.2 Å². The normalized spacial score (nSPS) is 17.3. The topological polar surface area (TPSA) is 124 Å². The number of hydrogen-bond donors (Lipinski definition) is 3. The van der Waals surface area contributed by atoms with Gasteiger partial charge in [-0.15, -0.1) is 0 Å². The number of halogens is 11. The highest BCUT2D eigenvalue weighted by molar-refractivity contribution is 6.37. The molecule has 1 saturated carbocycles. The Morgan fingerprint density at radius 3 is 2.33 bits per heavy atom. The van der Waals surface area contributed by atoms with E-state index in [1.165, 1.54) is 31.2 Å². The molecule has 0 bridgehead atoms. The summed E-state index contributed by atoms with van der Waals surface area (Å²) in [5.41, 5.74) is 7.20. The summed E-state index contributed by atoms with van der Waals surface area (Å²) in [4.78, 5) is 21.3. The molecule has 5 rings (SSSR count). The van der Waals surface area contributed by atoms with Crippen molar-refractivity contribution >= 4 is 39.9 Å². The van der Waals surface area contributed by atoms with Crippen molar-refractivity contribution in [3.8, 4) is 11.1 Å². The number of amides is 1. The van der Waals surface area contributed by atoms with Crippen LogP contribution in [0.3, 0.4) is 0 Å². The second-order valence-electron chi connectivity index (χ2n) is 11.7. The molecular formula is C32H26ClF10N7O. The van der Waals surface area contributed by atoms with E-state index in [0.29, 0.717) is 16.4 Å². The Hall–Kier alpha value is -4.87. The Morgan fingerprint density at radius 1 is 1.06 bits per heavy atom. The standard InChI is InChI=1S/C32H26ClF10N7O/c1-14-2-3-18(19-4-5-21(33)24-26(19)50(49-29(24)45)13-31(38,39)40)25(47-14)22(10-15-8-16(34)11-17(35)9-15)48-23(51)12-46-28-20(6-7-30(28,36)37)27(44)32(41,42)43/h2-5,8-9,11,22H,6-7,10,12-13,44H2,1H3,(H2,45,49)(H,48,51)/t22-/m0/s1. The van der Waals surface area contributed by atoms with Crippen molar-refractivity contribution in [2.24, 2.45) is 10.7 Å². The highest BCUT2D eigenvalue weighted by Gasteiger charge is 2.48. The van der Waals surface area contributed by atoms with Gasteiger partial charge in [-0.3, -0.25) is 19.5 Å². The number of hydrogen-bond acceptors (Lipinski definition) is 6. The van der Waals surface area contributed by atoms with Gasteiger partial charge in [0.25, 0.3) is 5.92 Å².